The minimum atomic E-state index is -0.346. The van der Waals surface area contributed by atoms with Gasteiger partial charge < -0.3 is 5.11 Å². The third-order valence-electron chi connectivity index (χ3n) is 2.34. The summed E-state index contributed by atoms with van der Waals surface area (Å²) in [5.74, 6) is -0.188. The van der Waals surface area contributed by atoms with Gasteiger partial charge in [-0.25, -0.2) is 4.39 Å². The Labute approximate surface area is 104 Å². The second kappa shape index (κ2) is 5.02. The second-order valence-electron chi connectivity index (χ2n) is 3.56. The van der Waals surface area contributed by atoms with E-state index in [4.69, 9.17) is 11.6 Å². The molecule has 0 aliphatic rings. The van der Waals surface area contributed by atoms with Gasteiger partial charge in [-0.05, 0) is 24.3 Å². The summed E-state index contributed by atoms with van der Waals surface area (Å²) in [4.78, 5) is 0. The molecule has 1 nitrogen and oxygen atoms in total. The molecule has 0 unspecified atom stereocenters. The fourth-order valence-corrected chi connectivity index (χ4v) is 1.63. The number of para-hydroxylation sites is 1. The molecule has 0 atom stereocenters. The van der Waals surface area contributed by atoms with Crippen LogP contribution in [0.15, 0.2) is 42.5 Å². The van der Waals surface area contributed by atoms with Crippen LogP contribution in [0.1, 0.15) is 11.1 Å². The van der Waals surface area contributed by atoms with Crippen molar-refractivity contribution in [3.63, 3.8) is 0 Å². The van der Waals surface area contributed by atoms with Crippen molar-refractivity contribution < 1.29 is 9.50 Å². The van der Waals surface area contributed by atoms with Gasteiger partial charge in [-0.15, -0.1) is 0 Å². The molecule has 1 N–H and O–H groups in total. The number of phenols is 1. The third-order valence-corrected chi connectivity index (χ3v) is 2.57. The van der Waals surface area contributed by atoms with Crippen LogP contribution in [0.25, 0.3) is 12.2 Å². The van der Waals surface area contributed by atoms with Crippen molar-refractivity contribution in [3.05, 3.63) is 64.4 Å². The Morgan fingerprint density at radius 2 is 1.71 bits per heavy atom. The highest BCUT2D eigenvalue weighted by Crippen LogP contribution is 2.21. The van der Waals surface area contributed by atoms with Gasteiger partial charge >= 0.3 is 0 Å². The number of benzene rings is 2. The van der Waals surface area contributed by atoms with Gasteiger partial charge in [0.2, 0.25) is 0 Å². The van der Waals surface area contributed by atoms with Gasteiger partial charge in [-0.3, -0.25) is 0 Å². The average molecular weight is 249 g/mol. The highest BCUT2D eigenvalue weighted by atomic mass is 35.5. The van der Waals surface area contributed by atoms with Crippen molar-refractivity contribution in [1.29, 1.82) is 0 Å². The quantitative estimate of drug-likeness (QED) is 0.783. The van der Waals surface area contributed by atoms with E-state index in [9.17, 15) is 9.50 Å². The summed E-state index contributed by atoms with van der Waals surface area (Å²) in [6, 6.07) is 11.2. The molecule has 0 saturated carbocycles. The molecule has 0 bridgehead atoms. The first-order valence-corrected chi connectivity index (χ1v) is 5.46. The van der Waals surface area contributed by atoms with Crippen molar-refractivity contribution in [3.8, 4) is 5.75 Å². The Morgan fingerprint density at radius 3 is 2.47 bits per heavy atom. The van der Waals surface area contributed by atoms with Gasteiger partial charge in [-0.2, -0.15) is 0 Å². The van der Waals surface area contributed by atoms with E-state index < -0.39 is 0 Å². The van der Waals surface area contributed by atoms with E-state index in [1.165, 1.54) is 18.2 Å². The molecule has 0 aromatic heterocycles. The van der Waals surface area contributed by atoms with Gasteiger partial charge in [-0.1, -0.05) is 42.0 Å². The van der Waals surface area contributed by atoms with Crippen molar-refractivity contribution in [2.45, 2.75) is 0 Å². The normalized spacial score (nSPS) is 10.9. The zero-order valence-electron chi connectivity index (χ0n) is 8.90. The molecule has 0 heterocycles. The van der Waals surface area contributed by atoms with Crippen LogP contribution in [0, 0.1) is 5.82 Å². The Kier molecular flexibility index (Phi) is 3.45. The summed E-state index contributed by atoms with van der Waals surface area (Å²) in [6.45, 7) is 0. The number of halogens is 2. The fourth-order valence-electron chi connectivity index (χ4n) is 1.45. The summed E-state index contributed by atoms with van der Waals surface area (Å²) in [5, 5.41) is 10.0. The SMILES string of the molecule is Oc1ccccc1/C=C/c1cc(Cl)ccc1F. The van der Waals surface area contributed by atoms with Gasteiger partial charge in [0.15, 0.2) is 0 Å². The lowest BCUT2D eigenvalue weighted by molar-refractivity contribution is 0.474. The van der Waals surface area contributed by atoms with E-state index in [-0.39, 0.29) is 11.6 Å². The number of hydrogen-bond acceptors (Lipinski definition) is 1. The Hall–Kier alpha value is -1.80. The average Bonchev–Trinajstić information content (AvgIpc) is 2.32. The largest absolute Gasteiger partial charge is 0.507 e. The smallest absolute Gasteiger partial charge is 0.130 e. The van der Waals surface area contributed by atoms with Crippen LogP contribution in [-0.2, 0) is 0 Å². The van der Waals surface area contributed by atoms with Crippen molar-refractivity contribution in [1.82, 2.24) is 0 Å². The molecule has 2 aromatic rings. The van der Waals surface area contributed by atoms with Crippen LogP contribution >= 0.6 is 11.6 Å². The Balaban J connectivity index is 2.32. The molecule has 0 aliphatic heterocycles. The van der Waals surface area contributed by atoms with Crippen LogP contribution in [0.2, 0.25) is 5.02 Å². The van der Waals surface area contributed by atoms with Gasteiger partial charge in [0, 0.05) is 16.1 Å². The molecule has 86 valence electrons. The van der Waals surface area contributed by atoms with E-state index in [1.54, 1.807) is 36.4 Å². The lowest BCUT2D eigenvalue weighted by atomic mass is 10.1. The lowest BCUT2D eigenvalue weighted by Gasteiger charge is -1.99. The topological polar surface area (TPSA) is 20.2 Å². The summed E-state index contributed by atoms with van der Waals surface area (Å²) in [6.07, 6.45) is 3.22. The van der Waals surface area contributed by atoms with Gasteiger partial charge in [0.25, 0.3) is 0 Å². The zero-order valence-corrected chi connectivity index (χ0v) is 9.66. The molecular weight excluding hydrogens is 239 g/mol. The minimum absolute atomic E-state index is 0.159. The predicted octanol–water partition coefficient (Wildman–Crippen LogP) is 4.36. The van der Waals surface area contributed by atoms with Gasteiger partial charge in [0.1, 0.15) is 11.6 Å². The number of hydrogen-bond donors (Lipinski definition) is 1. The molecule has 0 saturated heterocycles. The lowest BCUT2D eigenvalue weighted by Crippen LogP contribution is -1.81. The molecular formula is C14H10ClFO. The molecule has 2 aromatic carbocycles. The summed E-state index contributed by atoms with van der Waals surface area (Å²) in [5.41, 5.74) is 1.02. The highest BCUT2D eigenvalue weighted by molar-refractivity contribution is 6.30. The molecule has 2 rings (SSSR count). The molecule has 3 heteroatoms. The molecule has 0 fully saturated rings. The Morgan fingerprint density at radius 1 is 1.00 bits per heavy atom. The third kappa shape index (κ3) is 2.86. The summed E-state index contributed by atoms with van der Waals surface area (Å²) in [7, 11) is 0. The maximum Gasteiger partial charge on any atom is 0.130 e. The molecule has 0 amide bonds. The number of rotatable bonds is 2. The van der Waals surface area contributed by atoms with Crippen molar-refractivity contribution in [2.75, 3.05) is 0 Å². The van der Waals surface area contributed by atoms with Crippen LogP contribution in [0.3, 0.4) is 0 Å². The monoisotopic (exact) mass is 248 g/mol. The minimum Gasteiger partial charge on any atom is -0.507 e. The van der Waals surface area contributed by atoms with E-state index in [1.807, 2.05) is 0 Å². The molecule has 0 spiro atoms. The Bertz CT molecular complexity index is 564. The fraction of sp³-hybridized carbons (Fsp3) is 0. The standard InChI is InChI=1S/C14H10ClFO/c15-12-7-8-13(16)11(9-12)6-5-10-3-1-2-4-14(10)17/h1-9,17H/b6-5+. The van der Waals surface area contributed by atoms with Crippen LogP contribution in [0.4, 0.5) is 4.39 Å². The molecule has 0 aliphatic carbocycles. The van der Waals surface area contributed by atoms with E-state index in [0.29, 0.717) is 16.1 Å². The van der Waals surface area contributed by atoms with E-state index >= 15 is 0 Å². The van der Waals surface area contributed by atoms with Crippen molar-refractivity contribution in [2.24, 2.45) is 0 Å². The zero-order chi connectivity index (χ0) is 12.3. The molecule has 17 heavy (non-hydrogen) atoms. The first-order chi connectivity index (χ1) is 8.16. The van der Waals surface area contributed by atoms with Crippen molar-refractivity contribution >= 4 is 23.8 Å². The second-order valence-corrected chi connectivity index (χ2v) is 3.99. The highest BCUT2D eigenvalue weighted by Gasteiger charge is 2.00. The first-order valence-electron chi connectivity index (χ1n) is 5.08. The van der Waals surface area contributed by atoms with Crippen LogP contribution < -0.4 is 0 Å². The first kappa shape index (κ1) is 11.7. The van der Waals surface area contributed by atoms with Gasteiger partial charge in [0.05, 0.1) is 0 Å². The number of aromatic hydroxyl groups is 1. The summed E-state index contributed by atoms with van der Waals surface area (Å²) >= 11 is 5.78. The summed E-state index contributed by atoms with van der Waals surface area (Å²) < 4.78 is 13.4. The van der Waals surface area contributed by atoms with Crippen LogP contribution in [-0.4, -0.2) is 5.11 Å². The maximum atomic E-state index is 13.4. The van der Waals surface area contributed by atoms with E-state index in [0.717, 1.165) is 0 Å². The maximum absolute atomic E-state index is 13.4. The van der Waals surface area contributed by atoms with E-state index in [2.05, 4.69) is 0 Å². The van der Waals surface area contributed by atoms with Crippen LogP contribution in [0.5, 0.6) is 5.75 Å². The number of phenolic OH excluding ortho intramolecular Hbond substituents is 1. The predicted molar refractivity (Wildman–Crippen MR) is 68.4 cm³/mol. The molecule has 0 radical (unpaired) electrons.